The van der Waals surface area contributed by atoms with Crippen LogP contribution in [0, 0.1) is 0 Å². The minimum absolute atomic E-state index is 0.0902. The number of nitrogens with one attached hydrogen (secondary N) is 1. The highest BCUT2D eigenvalue weighted by molar-refractivity contribution is 8.00. The van der Waals surface area contributed by atoms with E-state index < -0.39 is 5.51 Å². The van der Waals surface area contributed by atoms with Crippen molar-refractivity contribution >= 4 is 11.8 Å². The summed E-state index contributed by atoms with van der Waals surface area (Å²) in [6, 6.07) is 12.3. The van der Waals surface area contributed by atoms with Crippen molar-refractivity contribution in [1.82, 2.24) is 5.32 Å². The second kappa shape index (κ2) is 9.73. The van der Waals surface area contributed by atoms with E-state index in [1.165, 1.54) is 12.1 Å². The average molecular weight is 385 g/mol. The van der Waals surface area contributed by atoms with Crippen LogP contribution in [0.2, 0.25) is 0 Å². The molecule has 0 radical (unpaired) electrons. The summed E-state index contributed by atoms with van der Waals surface area (Å²) in [5.74, 6) is 1.41. The molecule has 0 atom stereocenters. The molecular weight excluding hydrogens is 363 g/mol. The third-order valence-corrected chi connectivity index (χ3v) is 4.53. The zero-order chi connectivity index (χ0) is 19.0. The summed E-state index contributed by atoms with van der Waals surface area (Å²) in [4.78, 5) is 0.211. The molecule has 0 amide bonds. The third-order valence-electron chi connectivity index (χ3n) is 3.79. The van der Waals surface area contributed by atoms with E-state index in [0.29, 0.717) is 11.5 Å². The zero-order valence-corrected chi connectivity index (χ0v) is 15.5. The molecule has 0 saturated carbocycles. The maximum absolute atomic E-state index is 12.3. The fraction of sp³-hybridized carbons (Fsp3) is 0.368. The number of methoxy groups -OCH3 is 2. The highest BCUT2D eigenvalue weighted by atomic mass is 32.2. The van der Waals surface area contributed by atoms with Gasteiger partial charge in [-0.1, -0.05) is 18.2 Å². The van der Waals surface area contributed by atoms with Gasteiger partial charge in [0.2, 0.25) is 0 Å². The Morgan fingerprint density at radius 3 is 2.00 bits per heavy atom. The summed E-state index contributed by atoms with van der Waals surface area (Å²) in [6.07, 6.45) is 1.62. The SMILES string of the molecule is COc1ccc(CCNCCc2ccc(SC(F)(F)F)cc2)cc1OC. The second-order valence-electron chi connectivity index (χ2n) is 5.63. The Kier molecular flexibility index (Phi) is 7.66. The zero-order valence-electron chi connectivity index (χ0n) is 14.7. The molecular formula is C19H22F3NO2S. The van der Waals surface area contributed by atoms with Crippen molar-refractivity contribution in [2.24, 2.45) is 0 Å². The largest absolute Gasteiger partial charge is 0.493 e. The molecule has 26 heavy (non-hydrogen) atoms. The summed E-state index contributed by atoms with van der Waals surface area (Å²) in [7, 11) is 3.21. The highest BCUT2D eigenvalue weighted by Gasteiger charge is 2.28. The third kappa shape index (κ3) is 6.80. The molecule has 0 saturated heterocycles. The second-order valence-corrected chi connectivity index (χ2v) is 6.77. The number of hydrogen-bond donors (Lipinski definition) is 1. The van der Waals surface area contributed by atoms with Crippen molar-refractivity contribution in [3.8, 4) is 11.5 Å². The Balaban J connectivity index is 1.72. The lowest BCUT2D eigenvalue weighted by molar-refractivity contribution is -0.0328. The number of alkyl halides is 3. The molecule has 0 unspecified atom stereocenters. The number of benzene rings is 2. The Hall–Kier alpha value is -1.86. The standard InChI is InChI=1S/C19H22F3NO2S/c1-24-17-8-5-15(13-18(17)25-2)10-12-23-11-9-14-3-6-16(7-4-14)26-19(20,21)22/h3-8,13,23H,9-12H2,1-2H3. The van der Waals surface area contributed by atoms with Crippen molar-refractivity contribution in [3.63, 3.8) is 0 Å². The lowest BCUT2D eigenvalue weighted by Gasteiger charge is -2.10. The van der Waals surface area contributed by atoms with Gasteiger partial charge in [-0.05, 0) is 73.1 Å². The molecule has 0 aliphatic heterocycles. The quantitative estimate of drug-likeness (QED) is 0.501. The van der Waals surface area contributed by atoms with Gasteiger partial charge in [-0.3, -0.25) is 0 Å². The first-order valence-electron chi connectivity index (χ1n) is 8.17. The first kappa shape index (κ1) is 20.5. The van der Waals surface area contributed by atoms with Crippen molar-refractivity contribution < 1.29 is 22.6 Å². The van der Waals surface area contributed by atoms with Crippen molar-refractivity contribution in [1.29, 1.82) is 0 Å². The van der Waals surface area contributed by atoms with Crippen LogP contribution in [0.5, 0.6) is 11.5 Å². The van der Waals surface area contributed by atoms with E-state index >= 15 is 0 Å². The average Bonchev–Trinajstić information content (AvgIpc) is 2.61. The van der Waals surface area contributed by atoms with Gasteiger partial charge in [0, 0.05) is 4.90 Å². The van der Waals surface area contributed by atoms with Crippen LogP contribution in [0.4, 0.5) is 13.2 Å². The van der Waals surface area contributed by atoms with Crippen molar-refractivity contribution in [2.75, 3.05) is 27.3 Å². The van der Waals surface area contributed by atoms with Crippen molar-refractivity contribution in [2.45, 2.75) is 23.2 Å². The molecule has 0 aliphatic rings. The molecule has 142 valence electrons. The van der Waals surface area contributed by atoms with Crippen LogP contribution < -0.4 is 14.8 Å². The minimum Gasteiger partial charge on any atom is -0.493 e. The summed E-state index contributed by atoms with van der Waals surface area (Å²) in [5, 5.41) is 3.34. The Labute approximate surface area is 155 Å². The Morgan fingerprint density at radius 1 is 0.846 bits per heavy atom. The Bertz CT molecular complexity index is 690. The van der Waals surface area contributed by atoms with Crippen LogP contribution in [0.3, 0.4) is 0 Å². The lowest BCUT2D eigenvalue weighted by Crippen LogP contribution is -2.20. The fourth-order valence-corrected chi connectivity index (χ4v) is 3.02. The van der Waals surface area contributed by atoms with E-state index in [9.17, 15) is 13.2 Å². The molecule has 0 aliphatic carbocycles. The smallest absolute Gasteiger partial charge is 0.446 e. The molecule has 0 heterocycles. The minimum atomic E-state index is -4.24. The van der Waals surface area contributed by atoms with Crippen LogP contribution in [0.15, 0.2) is 47.4 Å². The number of thioether (sulfide) groups is 1. The first-order valence-corrected chi connectivity index (χ1v) is 8.99. The van der Waals surface area contributed by atoms with E-state index in [1.807, 2.05) is 18.2 Å². The van der Waals surface area contributed by atoms with Crippen LogP contribution in [0.25, 0.3) is 0 Å². The molecule has 7 heteroatoms. The lowest BCUT2D eigenvalue weighted by atomic mass is 10.1. The predicted octanol–water partition coefficient (Wildman–Crippen LogP) is 4.69. The number of ether oxygens (including phenoxy) is 2. The monoisotopic (exact) mass is 385 g/mol. The van der Waals surface area contributed by atoms with E-state index in [2.05, 4.69) is 5.32 Å². The molecule has 2 aromatic rings. The van der Waals surface area contributed by atoms with Gasteiger partial charge in [-0.15, -0.1) is 0 Å². The summed E-state index contributed by atoms with van der Waals surface area (Å²) in [5.41, 5.74) is -2.09. The Morgan fingerprint density at radius 2 is 1.42 bits per heavy atom. The molecule has 0 spiro atoms. The van der Waals surface area contributed by atoms with E-state index in [0.717, 1.165) is 37.1 Å². The predicted molar refractivity (Wildman–Crippen MR) is 98.2 cm³/mol. The first-order chi connectivity index (χ1) is 12.4. The van der Waals surface area contributed by atoms with Gasteiger partial charge >= 0.3 is 5.51 Å². The molecule has 3 nitrogen and oxygen atoms in total. The normalized spacial score (nSPS) is 11.4. The molecule has 1 N–H and O–H groups in total. The number of rotatable bonds is 9. The highest BCUT2D eigenvalue weighted by Crippen LogP contribution is 2.36. The van der Waals surface area contributed by atoms with E-state index in [4.69, 9.17) is 9.47 Å². The van der Waals surface area contributed by atoms with Crippen LogP contribution in [0.1, 0.15) is 11.1 Å². The summed E-state index contributed by atoms with van der Waals surface area (Å²) >= 11 is -0.0902. The topological polar surface area (TPSA) is 30.5 Å². The van der Waals surface area contributed by atoms with Crippen LogP contribution >= 0.6 is 11.8 Å². The molecule has 0 bridgehead atoms. The maximum Gasteiger partial charge on any atom is 0.446 e. The fourth-order valence-electron chi connectivity index (χ4n) is 2.48. The molecule has 2 rings (SSSR count). The van der Waals surface area contributed by atoms with Gasteiger partial charge in [0.1, 0.15) is 0 Å². The van der Waals surface area contributed by atoms with Crippen LogP contribution in [-0.2, 0) is 12.8 Å². The van der Waals surface area contributed by atoms with E-state index in [1.54, 1.807) is 26.4 Å². The van der Waals surface area contributed by atoms with Gasteiger partial charge in [0.25, 0.3) is 0 Å². The van der Waals surface area contributed by atoms with Gasteiger partial charge in [0.15, 0.2) is 11.5 Å². The van der Waals surface area contributed by atoms with Gasteiger partial charge < -0.3 is 14.8 Å². The molecule has 0 aromatic heterocycles. The van der Waals surface area contributed by atoms with Gasteiger partial charge in [0.05, 0.1) is 14.2 Å². The van der Waals surface area contributed by atoms with Crippen LogP contribution in [-0.4, -0.2) is 32.8 Å². The molecule has 2 aromatic carbocycles. The van der Waals surface area contributed by atoms with Gasteiger partial charge in [-0.2, -0.15) is 13.2 Å². The number of halogens is 3. The summed E-state index contributed by atoms with van der Waals surface area (Å²) < 4.78 is 47.4. The maximum atomic E-state index is 12.3. The summed E-state index contributed by atoms with van der Waals surface area (Å²) in [6.45, 7) is 1.57. The molecule has 0 fully saturated rings. The number of hydrogen-bond acceptors (Lipinski definition) is 4. The van der Waals surface area contributed by atoms with Crippen molar-refractivity contribution in [3.05, 3.63) is 53.6 Å². The van der Waals surface area contributed by atoms with Gasteiger partial charge in [-0.25, -0.2) is 0 Å². The van der Waals surface area contributed by atoms with E-state index in [-0.39, 0.29) is 16.7 Å².